The molecular weight excluding hydrogens is 384 g/mol. The second kappa shape index (κ2) is 9.23. The third kappa shape index (κ3) is 4.30. The molecule has 0 spiro atoms. The molecule has 1 aromatic rings. The summed E-state index contributed by atoms with van der Waals surface area (Å²) in [5.41, 5.74) is 2.45. The maximum absolute atomic E-state index is 13.6. The third-order valence-electron chi connectivity index (χ3n) is 8.77. The van der Waals surface area contributed by atoms with E-state index in [9.17, 15) is 4.79 Å². The van der Waals surface area contributed by atoms with Crippen LogP contribution in [0.4, 0.5) is 5.69 Å². The van der Waals surface area contributed by atoms with Gasteiger partial charge in [-0.2, -0.15) is 0 Å². The molecule has 4 aliphatic rings. The maximum atomic E-state index is 13.6. The molecule has 1 aromatic carbocycles. The summed E-state index contributed by atoms with van der Waals surface area (Å²) >= 11 is 0. The Kier molecular flexibility index (Phi) is 6.39. The van der Waals surface area contributed by atoms with Crippen LogP contribution in [0.3, 0.4) is 0 Å². The number of piperidine rings is 1. The second-order valence-corrected chi connectivity index (χ2v) is 10.9. The number of fused-ring (bicyclic) bond motifs is 1. The van der Waals surface area contributed by atoms with Gasteiger partial charge in [0.05, 0.1) is 5.92 Å². The van der Waals surface area contributed by atoms with Gasteiger partial charge in [-0.25, -0.2) is 0 Å². The van der Waals surface area contributed by atoms with Crippen LogP contribution in [0, 0.1) is 17.8 Å². The van der Waals surface area contributed by atoms with Crippen LogP contribution in [-0.4, -0.2) is 49.2 Å². The summed E-state index contributed by atoms with van der Waals surface area (Å²) in [5.74, 6) is 2.67. The molecule has 0 unspecified atom stereocenters. The largest absolute Gasteiger partial charge is 0.381 e. The van der Waals surface area contributed by atoms with Crippen LogP contribution < -0.4 is 4.90 Å². The van der Waals surface area contributed by atoms with Crippen molar-refractivity contribution < 1.29 is 9.53 Å². The van der Waals surface area contributed by atoms with E-state index in [4.69, 9.17) is 4.74 Å². The first kappa shape index (κ1) is 21.5. The van der Waals surface area contributed by atoms with Gasteiger partial charge >= 0.3 is 0 Å². The number of anilines is 1. The van der Waals surface area contributed by atoms with Crippen LogP contribution in [-0.2, 0) is 9.53 Å². The summed E-state index contributed by atoms with van der Waals surface area (Å²) in [6, 6.07) is 9.70. The van der Waals surface area contributed by atoms with E-state index in [0.717, 1.165) is 69.9 Å². The predicted molar refractivity (Wildman–Crippen MR) is 125 cm³/mol. The number of nitrogens with zero attached hydrogens (tertiary/aromatic N) is 2. The van der Waals surface area contributed by atoms with E-state index >= 15 is 0 Å². The maximum Gasteiger partial charge on any atom is 0.234 e. The highest BCUT2D eigenvalue weighted by molar-refractivity contribution is 6.05. The molecule has 0 radical (unpaired) electrons. The van der Waals surface area contributed by atoms with Crippen molar-refractivity contribution >= 4 is 11.6 Å². The van der Waals surface area contributed by atoms with Crippen molar-refractivity contribution in [2.45, 2.75) is 83.2 Å². The molecule has 0 N–H and O–H groups in total. The second-order valence-electron chi connectivity index (χ2n) is 10.9. The Hall–Kier alpha value is -1.39. The van der Waals surface area contributed by atoms with Crippen LogP contribution in [0.5, 0.6) is 0 Å². The number of carbonyl (C=O) groups excluding carboxylic acids is 1. The molecule has 3 aliphatic heterocycles. The number of hydrogen-bond donors (Lipinski definition) is 0. The third-order valence-corrected chi connectivity index (χ3v) is 8.77. The van der Waals surface area contributed by atoms with Gasteiger partial charge in [0.25, 0.3) is 0 Å². The van der Waals surface area contributed by atoms with E-state index < -0.39 is 0 Å². The molecule has 31 heavy (non-hydrogen) atoms. The minimum atomic E-state index is 0.0345. The zero-order valence-electron chi connectivity index (χ0n) is 19.5. The first-order valence-corrected chi connectivity index (χ1v) is 12.9. The van der Waals surface area contributed by atoms with Crippen LogP contribution in [0.2, 0.25) is 0 Å². The van der Waals surface area contributed by atoms with Crippen molar-refractivity contribution in [3.05, 3.63) is 29.8 Å². The Morgan fingerprint density at radius 3 is 2.39 bits per heavy atom. The molecule has 1 aliphatic carbocycles. The lowest BCUT2D eigenvalue weighted by atomic mass is 9.79. The fourth-order valence-electron chi connectivity index (χ4n) is 6.77. The van der Waals surface area contributed by atoms with Crippen LogP contribution in [0.1, 0.15) is 76.7 Å². The fourth-order valence-corrected chi connectivity index (χ4v) is 6.77. The Labute approximate surface area is 188 Å². The number of carbonyl (C=O) groups is 1. The summed E-state index contributed by atoms with van der Waals surface area (Å²) in [7, 11) is 0. The Morgan fingerprint density at radius 2 is 1.71 bits per heavy atom. The highest BCUT2D eigenvalue weighted by Gasteiger charge is 2.43. The van der Waals surface area contributed by atoms with Crippen molar-refractivity contribution in [2.24, 2.45) is 17.8 Å². The van der Waals surface area contributed by atoms with Crippen molar-refractivity contribution in [2.75, 3.05) is 31.2 Å². The summed E-state index contributed by atoms with van der Waals surface area (Å²) < 4.78 is 5.59. The number of para-hydroxylation sites is 1. The zero-order chi connectivity index (χ0) is 21.4. The fraction of sp³-hybridized carbons (Fsp3) is 0.741. The highest BCUT2D eigenvalue weighted by atomic mass is 16.5. The number of benzene rings is 1. The molecule has 0 aromatic heterocycles. The lowest BCUT2D eigenvalue weighted by molar-refractivity contribution is -0.120. The molecule has 170 valence electrons. The summed E-state index contributed by atoms with van der Waals surface area (Å²) in [5, 5.41) is 0. The van der Waals surface area contributed by atoms with E-state index in [1.54, 1.807) is 0 Å². The standard InChI is InChI=1S/C27H40N2O2/c1-19(2)21-7-9-22(10-8-21)28-14-11-23(12-15-28)29-26-6-4-3-5-24(26)25(27(29)30)17-20-13-16-31-18-20/h3-6,19-23,25H,7-18H2,1-2H3/t20-,21?,22?,25+/m1/s1. The minimum Gasteiger partial charge on any atom is -0.381 e. The molecule has 0 bridgehead atoms. The van der Waals surface area contributed by atoms with E-state index in [0.29, 0.717) is 17.9 Å². The van der Waals surface area contributed by atoms with Gasteiger partial charge in [0.1, 0.15) is 0 Å². The quantitative estimate of drug-likeness (QED) is 0.649. The molecule has 4 heteroatoms. The average Bonchev–Trinajstić information content (AvgIpc) is 3.41. The molecule has 4 nitrogen and oxygen atoms in total. The minimum absolute atomic E-state index is 0.0345. The molecule has 3 fully saturated rings. The van der Waals surface area contributed by atoms with Crippen molar-refractivity contribution in [3.8, 4) is 0 Å². The van der Waals surface area contributed by atoms with Crippen molar-refractivity contribution in [1.82, 2.24) is 4.90 Å². The molecule has 1 amide bonds. The van der Waals surface area contributed by atoms with Crippen molar-refractivity contribution in [3.63, 3.8) is 0 Å². The normalized spacial score (nSPS) is 32.7. The number of likely N-dealkylation sites (tertiary alicyclic amines) is 1. The SMILES string of the molecule is CC(C)C1CCC(N2CCC(N3C(=O)[C@@H](C[C@H]4CCOC4)c4ccccc43)CC2)CC1. The smallest absolute Gasteiger partial charge is 0.234 e. The topological polar surface area (TPSA) is 32.8 Å². The van der Waals surface area contributed by atoms with Gasteiger partial charge in [-0.1, -0.05) is 32.0 Å². The number of hydrogen-bond acceptors (Lipinski definition) is 3. The van der Waals surface area contributed by atoms with Crippen LogP contribution >= 0.6 is 0 Å². The van der Waals surface area contributed by atoms with E-state index in [1.165, 1.54) is 36.9 Å². The van der Waals surface area contributed by atoms with Gasteiger partial charge in [-0.3, -0.25) is 4.79 Å². The van der Waals surface area contributed by atoms with Gasteiger partial charge in [0.15, 0.2) is 0 Å². The lowest BCUT2D eigenvalue weighted by Gasteiger charge is -2.43. The Morgan fingerprint density at radius 1 is 0.968 bits per heavy atom. The summed E-state index contributed by atoms with van der Waals surface area (Å²) in [6.45, 7) is 8.74. The average molecular weight is 425 g/mol. The molecular formula is C27H40N2O2. The monoisotopic (exact) mass is 424 g/mol. The van der Waals surface area contributed by atoms with Gasteiger partial charge < -0.3 is 14.5 Å². The van der Waals surface area contributed by atoms with E-state index in [1.807, 2.05) is 0 Å². The highest BCUT2D eigenvalue weighted by Crippen LogP contribution is 2.44. The molecule has 2 atom stereocenters. The van der Waals surface area contributed by atoms with Crippen LogP contribution in [0.15, 0.2) is 24.3 Å². The number of ether oxygens (including phenoxy) is 1. The summed E-state index contributed by atoms with van der Waals surface area (Å²) in [4.78, 5) is 18.5. The molecule has 2 saturated heterocycles. The van der Waals surface area contributed by atoms with Crippen LogP contribution in [0.25, 0.3) is 0 Å². The molecule has 1 saturated carbocycles. The predicted octanol–water partition coefficient (Wildman–Crippen LogP) is 5.22. The summed E-state index contributed by atoms with van der Waals surface area (Å²) in [6.07, 6.45) is 9.80. The van der Waals surface area contributed by atoms with E-state index in [-0.39, 0.29) is 5.92 Å². The lowest BCUT2D eigenvalue weighted by Crippen LogP contribution is -2.50. The van der Waals surface area contributed by atoms with Gasteiger partial charge in [-0.05, 0) is 80.8 Å². The van der Waals surface area contributed by atoms with Crippen molar-refractivity contribution in [1.29, 1.82) is 0 Å². The first-order valence-electron chi connectivity index (χ1n) is 12.9. The van der Waals surface area contributed by atoms with E-state index in [2.05, 4.69) is 47.9 Å². The molecule has 5 rings (SSSR count). The number of rotatable bonds is 5. The first-order chi connectivity index (χ1) is 15.1. The van der Waals surface area contributed by atoms with Gasteiger partial charge in [0, 0.05) is 44.1 Å². The Balaban J connectivity index is 1.22. The van der Waals surface area contributed by atoms with Gasteiger partial charge in [0.2, 0.25) is 5.91 Å². The molecule has 3 heterocycles. The Bertz CT molecular complexity index is 756. The van der Waals surface area contributed by atoms with Gasteiger partial charge in [-0.15, -0.1) is 0 Å². The zero-order valence-corrected chi connectivity index (χ0v) is 19.5. The number of amides is 1.